The van der Waals surface area contributed by atoms with Crippen LogP contribution in [0.2, 0.25) is 0 Å². The van der Waals surface area contributed by atoms with Gasteiger partial charge in [0.05, 0.1) is 19.0 Å². The van der Waals surface area contributed by atoms with Gasteiger partial charge in [-0.05, 0) is 30.5 Å². The van der Waals surface area contributed by atoms with E-state index in [1.807, 2.05) is 42.5 Å². The summed E-state index contributed by atoms with van der Waals surface area (Å²) in [5.41, 5.74) is 2.80. The molecule has 0 atom stereocenters. The highest BCUT2D eigenvalue weighted by Gasteiger charge is 2.25. The molecule has 0 bridgehead atoms. The number of likely N-dealkylation sites (tertiary alicyclic amines) is 1. The molecule has 0 unspecified atom stereocenters. The van der Waals surface area contributed by atoms with E-state index in [1.54, 1.807) is 18.2 Å². The summed E-state index contributed by atoms with van der Waals surface area (Å²) in [6.45, 7) is 1.68. The molecular weight excluding hydrogens is 330 g/mol. The second-order valence-electron chi connectivity index (χ2n) is 6.21. The van der Waals surface area contributed by atoms with Gasteiger partial charge in [0, 0.05) is 24.7 Å². The van der Waals surface area contributed by atoms with Crippen molar-refractivity contribution >= 4 is 18.2 Å². The van der Waals surface area contributed by atoms with Gasteiger partial charge in [-0.25, -0.2) is 9.79 Å². The topological polar surface area (TPSA) is 64.0 Å². The molecular formula is C20H23N3O3. The molecule has 1 aromatic carbocycles. The summed E-state index contributed by atoms with van der Waals surface area (Å²) >= 11 is 0. The maximum absolute atomic E-state index is 12.2. The summed E-state index contributed by atoms with van der Waals surface area (Å²) in [4.78, 5) is 22.6. The number of rotatable bonds is 5. The predicted octanol–water partition coefficient (Wildman–Crippen LogP) is 3.90. The van der Waals surface area contributed by atoms with Gasteiger partial charge in [-0.15, -0.1) is 0 Å². The molecule has 6 nitrogen and oxygen atoms in total. The summed E-state index contributed by atoms with van der Waals surface area (Å²) in [6.07, 6.45) is 4.65. The summed E-state index contributed by atoms with van der Waals surface area (Å²) < 4.78 is 10.2. The zero-order chi connectivity index (χ0) is 18.2. The van der Waals surface area contributed by atoms with Crippen LogP contribution in [0.15, 0.2) is 53.7 Å². The Morgan fingerprint density at radius 3 is 2.65 bits per heavy atom. The van der Waals surface area contributed by atoms with E-state index in [9.17, 15) is 4.79 Å². The summed E-state index contributed by atoms with van der Waals surface area (Å²) in [6, 6.07) is 13.6. The zero-order valence-electron chi connectivity index (χ0n) is 14.9. The van der Waals surface area contributed by atoms with Crippen LogP contribution in [0.5, 0.6) is 0 Å². The van der Waals surface area contributed by atoms with Crippen LogP contribution in [0.3, 0.4) is 0 Å². The molecule has 1 fully saturated rings. The molecule has 1 aliphatic rings. The van der Waals surface area contributed by atoms with Crippen molar-refractivity contribution in [1.82, 2.24) is 9.88 Å². The Morgan fingerprint density at radius 1 is 1.23 bits per heavy atom. The number of carbonyl (C=O) groups is 1. The molecule has 1 saturated heterocycles. The maximum Gasteiger partial charge on any atom is 0.410 e. The van der Waals surface area contributed by atoms with Crippen molar-refractivity contribution in [1.29, 1.82) is 0 Å². The van der Waals surface area contributed by atoms with Crippen molar-refractivity contribution in [3.63, 3.8) is 0 Å². The average Bonchev–Trinajstić information content (AvgIpc) is 2.72. The van der Waals surface area contributed by atoms with Gasteiger partial charge in [0.25, 0.3) is 0 Å². The molecule has 0 aliphatic carbocycles. The fourth-order valence-electron chi connectivity index (χ4n) is 3.00. The Hall–Kier alpha value is -2.89. The molecule has 1 amide bonds. The molecule has 6 heteroatoms. The summed E-state index contributed by atoms with van der Waals surface area (Å²) in [5, 5.41) is 0. The van der Waals surface area contributed by atoms with Gasteiger partial charge in [0.1, 0.15) is 6.61 Å². The molecule has 1 aromatic heterocycles. The first-order chi connectivity index (χ1) is 12.8. The molecule has 136 valence electrons. The molecule has 2 heterocycles. The quantitative estimate of drug-likeness (QED) is 0.604. The number of methoxy groups -OCH3 is 1. The van der Waals surface area contributed by atoms with Crippen LogP contribution in [0.4, 0.5) is 10.5 Å². The van der Waals surface area contributed by atoms with Crippen molar-refractivity contribution in [3.05, 3.63) is 59.9 Å². The summed E-state index contributed by atoms with van der Waals surface area (Å²) in [7, 11) is 1.56. The van der Waals surface area contributed by atoms with Gasteiger partial charge in [0.2, 0.25) is 0 Å². The number of hydrogen-bond acceptors (Lipinski definition) is 5. The third-order valence-corrected chi connectivity index (χ3v) is 4.45. The fraction of sp³-hybridized carbons (Fsp3) is 0.350. The molecule has 2 aromatic rings. The lowest BCUT2D eigenvalue weighted by Crippen LogP contribution is -2.38. The van der Waals surface area contributed by atoms with Gasteiger partial charge in [-0.2, -0.15) is 0 Å². The number of aliphatic imine (C=N–C) groups is 1. The van der Waals surface area contributed by atoms with Crippen LogP contribution in [-0.4, -0.2) is 42.6 Å². The van der Waals surface area contributed by atoms with Gasteiger partial charge in [-0.1, -0.05) is 30.3 Å². The van der Waals surface area contributed by atoms with Crippen molar-refractivity contribution < 1.29 is 14.3 Å². The van der Waals surface area contributed by atoms with E-state index in [0.717, 1.165) is 29.8 Å². The third-order valence-electron chi connectivity index (χ3n) is 4.45. The van der Waals surface area contributed by atoms with E-state index in [0.29, 0.717) is 25.6 Å². The first-order valence-corrected chi connectivity index (χ1v) is 8.73. The number of aromatic nitrogens is 1. The average molecular weight is 353 g/mol. The number of nitrogens with zero attached hydrogens (tertiary/aromatic N) is 3. The lowest BCUT2D eigenvalue weighted by atomic mass is 9.93. The van der Waals surface area contributed by atoms with Crippen LogP contribution in [0.25, 0.3) is 0 Å². The van der Waals surface area contributed by atoms with Crippen LogP contribution in [0.1, 0.15) is 30.0 Å². The van der Waals surface area contributed by atoms with Gasteiger partial charge >= 0.3 is 6.09 Å². The molecule has 0 N–H and O–H groups in total. The number of ether oxygens (including phenoxy) is 2. The van der Waals surface area contributed by atoms with E-state index >= 15 is 0 Å². The van der Waals surface area contributed by atoms with Crippen molar-refractivity contribution in [3.8, 4) is 0 Å². The van der Waals surface area contributed by atoms with Crippen LogP contribution in [-0.2, 0) is 16.1 Å². The number of carbonyl (C=O) groups excluding carboxylic acids is 1. The van der Waals surface area contributed by atoms with Crippen molar-refractivity contribution in [2.75, 3.05) is 20.2 Å². The van der Waals surface area contributed by atoms with Crippen LogP contribution in [0, 0.1) is 0 Å². The minimum absolute atomic E-state index is 0.246. The zero-order valence-corrected chi connectivity index (χ0v) is 14.9. The Morgan fingerprint density at radius 2 is 2.00 bits per heavy atom. The highest BCUT2D eigenvalue weighted by Crippen LogP contribution is 2.27. The Labute approximate surface area is 153 Å². The fourth-order valence-corrected chi connectivity index (χ4v) is 3.00. The third kappa shape index (κ3) is 4.81. The van der Waals surface area contributed by atoms with E-state index < -0.39 is 0 Å². The van der Waals surface area contributed by atoms with E-state index in [2.05, 4.69) is 9.98 Å². The second-order valence-corrected chi connectivity index (χ2v) is 6.21. The number of pyridine rings is 1. The lowest BCUT2D eigenvalue weighted by Gasteiger charge is -2.31. The first-order valence-electron chi connectivity index (χ1n) is 8.73. The Kier molecular flexibility index (Phi) is 6.19. The normalized spacial score (nSPS) is 15.2. The molecule has 0 saturated carbocycles. The molecule has 0 spiro atoms. The van der Waals surface area contributed by atoms with E-state index in [4.69, 9.17) is 9.47 Å². The number of hydrogen-bond donors (Lipinski definition) is 0. The maximum atomic E-state index is 12.2. The number of amides is 1. The van der Waals surface area contributed by atoms with Gasteiger partial charge < -0.3 is 14.4 Å². The number of benzene rings is 1. The summed E-state index contributed by atoms with van der Waals surface area (Å²) in [5.74, 6) is 0.355. The molecule has 1 aliphatic heterocycles. The molecule has 0 radical (unpaired) electrons. The number of piperidine rings is 1. The Bertz CT molecular complexity index is 724. The van der Waals surface area contributed by atoms with E-state index in [1.165, 1.54) is 6.40 Å². The predicted molar refractivity (Wildman–Crippen MR) is 99.6 cm³/mol. The Balaban J connectivity index is 1.47. The minimum atomic E-state index is -0.246. The lowest BCUT2D eigenvalue weighted by molar-refractivity contribution is 0.0868. The SMILES string of the molecule is COC=Nc1ccc(C2CCN(C(=O)OCc3ccccc3)CC2)nc1. The monoisotopic (exact) mass is 353 g/mol. The highest BCUT2D eigenvalue weighted by molar-refractivity contribution is 5.67. The first kappa shape index (κ1) is 17.9. The van der Waals surface area contributed by atoms with Crippen LogP contribution < -0.4 is 0 Å². The molecule has 26 heavy (non-hydrogen) atoms. The standard InChI is InChI=1S/C20H23N3O3/c1-25-15-22-18-7-8-19(21-13-18)17-9-11-23(12-10-17)20(24)26-14-16-5-3-2-4-6-16/h2-8,13,15,17H,9-12,14H2,1H3. The van der Waals surface area contributed by atoms with E-state index in [-0.39, 0.29) is 6.09 Å². The molecule has 3 rings (SSSR count). The smallest absolute Gasteiger partial charge is 0.410 e. The minimum Gasteiger partial charge on any atom is -0.486 e. The largest absolute Gasteiger partial charge is 0.486 e. The van der Waals surface area contributed by atoms with Crippen molar-refractivity contribution in [2.45, 2.75) is 25.4 Å². The highest BCUT2D eigenvalue weighted by atomic mass is 16.6. The van der Waals surface area contributed by atoms with Gasteiger partial charge in [-0.3, -0.25) is 4.98 Å². The van der Waals surface area contributed by atoms with Crippen molar-refractivity contribution in [2.24, 2.45) is 4.99 Å². The van der Waals surface area contributed by atoms with Gasteiger partial charge in [0.15, 0.2) is 6.40 Å². The second kappa shape index (κ2) is 8.99. The van der Waals surface area contributed by atoms with Crippen LogP contribution >= 0.6 is 0 Å².